The molecular formula is C13H18N6O. The second kappa shape index (κ2) is 4.66. The summed E-state index contributed by atoms with van der Waals surface area (Å²) in [5, 5.41) is 11.9. The van der Waals surface area contributed by atoms with Crippen molar-refractivity contribution in [3.05, 3.63) is 29.7 Å². The highest BCUT2D eigenvalue weighted by Gasteiger charge is 2.28. The van der Waals surface area contributed by atoms with Crippen LogP contribution in [0.15, 0.2) is 18.6 Å². The fourth-order valence-electron chi connectivity index (χ4n) is 2.54. The first-order valence-electron chi connectivity index (χ1n) is 6.59. The Bertz CT molecular complexity index is 641. The zero-order valence-electron chi connectivity index (χ0n) is 11.9. The van der Waals surface area contributed by atoms with Gasteiger partial charge in [0.1, 0.15) is 11.4 Å². The van der Waals surface area contributed by atoms with E-state index in [1.165, 1.54) is 0 Å². The van der Waals surface area contributed by atoms with E-state index in [1.54, 1.807) is 29.9 Å². The lowest BCUT2D eigenvalue weighted by atomic mass is 10.1. The number of anilines is 1. The number of aromatic nitrogens is 4. The number of fused-ring (bicyclic) bond motifs is 1. The molecule has 0 radical (unpaired) electrons. The van der Waals surface area contributed by atoms with Gasteiger partial charge >= 0.3 is 0 Å². The number of carbonyl (C=O) groups excluding carboxylic acids is 1. The Balaban J connectivity index is 2.00. The Labute approximate surface area is 117 Å². The van der Waals surface area contributed by atoms with Crippen LogP contribution in [-0.4, -0.2) is 51.0 Å². The summed E-state index contributed by atoms with van der Waals surface area (Å²) >= 11 is 0. The SMILES string of the molecule is CN(C)C(=O)c1cnn2c1NCCC2c1cnn(C)c1. The van der Waals surface area contributed by atoms with E-state index in [4.69, 9.17) is 0 Å². The predicted molar refractivity (Wildman–Crippen MR) is 74.7 cm³/mol. The molecule has 1 unspecified atom stereocenters. The third-order valence-electron chi connectivity index (χ3n) is 3.55. The second-order valence-corrected chi connectivity index (χ2v) is 5.23. The quantitative estimate of drug-likeness (QED) is 0.876. The number of carbonyl (C=O) groups is 1. The van der Waals surface area contributed by atoms with Gasteiger partial charge in [-0.2, -0.15) is 10.2 Å². The van der Waals surface area contributed by atoms with Crippen molar-refractivity contribution in [1.82, 2.24) is 24.5 Å². The van der Waals surface area contributed by atoms with E-state index in [0.717, 1.165) is 24.3 Å². The van der Waals surface area contributed by atoms with E-state index in [0.29, 0.717) is 5.56 Å². The summed E-state index contributed by atoms with van der Waals surface area (Å²) in [5.74, 6) is 0.759. The molecule has 3 rings (SSSR count). The molecule has 20 heavy (non-hydrogen) atoms. The lowest BCUT2D eigenvalue weighted by Gasteiger charge is -2.25. The third kappa shape index (κ3) is 1.95. The monoisotopic (exact) mass is 274 g/mol. The van der Waals surface area contributed by atoms with Crippen LogP contribution in [0.3, 0.4) is 0 Å². The summed E-state index contributed by atoms with van der Waals surface area (Å²) < 4.78 is 3.67. The normalized spacial score (nSPS) is 17.4. The summed E-state index contributed by atoms with van der Waals surface area (Å²) in [6.45, 7) is 0.818. The summed E-state index contributed by atoms with van der Waals surface area (Å²) in [6.07, 6.45) is 6.42. The van der Waals surface area contributed by atoms with Crippen molar-refractivity contribution in [1.29, 1.82) is 0 Å². The van der Waals surface area contributed by atoms with Gasteiger partial charge in [-0.15, -0.1) is 0 Å². The lowest BCUT2D eigenvalue weighted by Crippen LogP contribution is -2.27. The lowest BCUT2D eigenvalue weighted by molar-refractivity contribution is 0.0828. The van der Waals surface area contributed by atoms with Crippen LogP contribution in [0.4, 0.5) is 5.82 Å². The van der Waals surface area contributed by atoms with Gasteiger partial charge in [0.25, 0.3) is 5.91 Å². The van der Waals surface area contributed by atoms with E-state index in [9.17, 15) is 4.79 Å². The van der Waals surface area contributed by atoms with Gasteiger partial charge in [0, 0.05) is 39.4 Å². The molecule has 3 heterocycles. The summed E-state index contributed by atoms with van der Waals surface area (Å²) in [7, 11) is 5.39. The number of hydrogen-bond donors (Lipinski definition) is 1. The number of amides is 1. The number of rotatable bonds is 2. The van der Waals surface area contributed by atoms with Crippen molar-refractivity contribution in [2.45, 2.75) is 12.5 Å². The predicted octanol–water partition coefficient (Wildman–Crippen LogP) is 0.723. The molecule has 2 aromatic rings. The number of aryl methyl sites for hydroxylation is 1. The maximum atomic E-state index is 12.1. The fourth-order valence-corrected chi connectivity index (χ4v) is 2.54. The van der Waals surface area contributed by atoms with E-state index in [1.807, 2.05) is 24.1 Å². The first-order chi connectivity index (χ1) is 9.58. The van der Waals surface area contributed by atoms with Crippen LogP contribution in [0.1, 0.15) is 28.4 Å². The molecule has 0 aliphatic carbocycles. The average Bonchev–Trinajstić information content (AvgIpc) is 3.03. The van der Waals surface area contributed by atoms with Gasteiger partial charge in [0.05, 0.1) is 18.4 Å². The topological polar surface area (TPSA) is 68.0 Å². The van der Waals surface area contributed by atoms with E-state index < -0.39 is 0 Å². The molecule has 1 amide bonds. The van der Waals surface area contributed by atoms with Crippen LogP contribution in [-0.2, 0) is 7.05 Å². The molecule has 2 aromatic heterocycles. The van der Waals surface area contributed by atoms with Crippen LogP contribution in [0, 0.1) is 0 Å². The molecule has 0 saturated heterocycles. The molecule has 0 spiro atoms. The largest absolute Gasteiger partial charge is 0.369 e. The first-order valence-corrected chi connectivity index (χ1v) is 6.59. The summed E-state index contributed by atoms with van der Waals surface area (Å²) in [6, 6.07) is 0.128. The molecule has 0 saturated carbocycles. The summed E-state index contributed by atoms with van der Waals surface area (Å²) in [5.41, 5.74) is 1.73. The van der Waals surface area contributed by atoms with Crippen molar-refractivity contribution >= 4 is 11.7 Å². The van der Waals surface area contributed by atoms with Gasteiger partial charge in [-0.25, -0.2) is 4.68 Å². The average molecular weight is 274 g/mol. The Kier molecular flexibility index (Phi) is 2.96. The molecule has 1 atom stereocenters. The van der Waals surface area contributed by atoms with Crippen LogP contribution in [0.25, 0.3) is 0 Å². The molecule has 7 heteroatoms. The van der Waals surface area contributed by atoms with Gasteiger partial charge < -0.3 is 10.2 Å². The molecule has 7 nitrogen and oxygen atoms in total. The third-order valence-corrected chi connectivity index (χ3v) is 3.55. The van der Waals surface area contributed by atoms with Crippen molar-refractivity contribution in [2.24, 2.45) is 7.05 Å². The molecular weight excluding hydrogens is 256 g/mol. The Morgan fingerprint density at radius 3 is 2.85 bits per heavy atom. The van der Waals surface area contributed by atoms with Crippen LogP contribution < -0.4 is 5.32 Å². The number of nitrogens with one attached hydrogen (secondary N) is 1. The van der Waals surface area contributed by atoms with Crippen molar-refractivity contribution in [3.63, 3.8) is 0 Å². The van der Waals surface area contributed by atoms with E-state index in [2.05, 4.69) is 15.5 Å². The fraction of sp³-hybridized carbons (Fsp3) is 0.462. The van der Waals surface area contributed by atoms with Gasteiger partial charge in [-0.3, -0.25) is 9.48 Å². The molecule has 0 aromatic carbocycles. The highest BCUT2D eigenvalue weighted by Crippen LogP contribution is 2.31. The van der Waals surface area contributed by atoms with Crippen molar-refractivity contribution in [2.75, 3.05) is 26.0 Å². The molecule has 106 valence electrons. The Hall–Kier alpha value is -2.31. The zero-order valence-corrected chi connectivity index (χ0v) is 11.9. The minimum Gasteiger partial charge on any atom is -0.369 e. The van der Waals surface area contributed by atoms with Crippen LogP contribution in [0.2, 0.25) is 0 Å². The van der Waals surface area contributed by atoms with E-state index >= 15 is 0 Å². The summed E-state index contributed by atoms with van der Waals surface area (Å²) in [4.78, 5) is 13.7. The van der Waals surface area contributed by atoms with Gasteiger partial charge in [-0.1, -0.05) is 0 Å². The maximum Gasteiger partial charge on any atom is 0.258 e. The van der Waals surface area contributed by atoms with Crippen molar-refractivity contribution < 1.29 is 4.79 Å². The van der Waals surface area contributed by atoms with Gasteiger partial charge in [0.2, 0.25) is 0 Å². The molecule has 0 bridgehead atoms. The van der Waals surface area contributed by atoms with Crippen LogP contribution in [0.5, 0.6) is 0 Å². The minimum atomic E-state index is -0.0365. The molecule has 1 N–H and O–H groups in total. The number of nitrogens with zero attached hydrogens (tertiary/aromatic N) is 5. The second-order valence-electron chi connectivity index (χ2n) is 5.23. The molecule has 1 aliphatic heterocycles. The smallest absolute Gasteiger partial charge is 0.258 e. The van der Waals surface area contributed by atoms with Crippen molar-refractivity contribution in [3.8, 4) is 0 Å². The molecule has 1 aliphatic rings. The minimum absolute atomic E-state index is 0.0365. The standard InChI is InChI=1S/C13H18N6O/c1-17(2)13(20)10-7-16-19-11(4-5-14-12(10)19)9-6-15-18(3)8-9/h6-8,11,14H,4-5H2,1-3H3. The Morgan fingerprint density at radius 2 is 2.20 bits per heavy atom. The zero-order chi connectivity index (χ0) is 14.3. The molecule has 0 fully saturated rings. The Morgan fingerprint density at radius 1 is 1.40 bits per heavy atom. The van der Waals surface area contributed by atoms with Gasteiger partial charge in [-0.05, 0) is 6.42 Å². The maximum absolute atomic E-state index is 12.1. The van der Waals surface area contributed by atoms with Gasteiger partial charge in [0.15, 0.2) is 0 Å². The highest BCUT2D eigenvalue weighted by atomic mass is 16.2. The number of hydrogen-bond acceptors (Lipinski definition) is 4. The van der Waals surface area contributed by atoms with Crippen LogP contribution >= 0.6 is 0 Å². The first kappa shape index (κ1) is 12.7. The highest BCUT2D eigenvalue weighted by molar-refractivity contribution is 5.98. The van der Waals surface area contributed by atoms with E-state index in [-0.39, 0.29) is 11.9 Å².